The number of hydrogen-bond donors (Lipinski definition) is 0. The van der Waals surface area contributed by atoms with Crippen LogP contribution >= 0.6 is 0 Å². The summed E-state index contributed by atoms with van der Waals surface area (Å²) in [4.78, 5) is 12.6. The van der Waals surface area contributed by atoms with E-state index in [1.54, 1.807) is 12.1 Å². The molecule has 0 radical (unpaired) electrons. The average molecular weight is 493 g/mol. The van der Waals surface area contributed by atoms with Gasteiger partial charge in [-0.2, -0.15) is 0 Å². The van der Waals surface area contributed by atoms with E-state index in [2.05, 4.69) is 37.8 Å². The maximum atomic E-state index is 12.6. The van der Waals surface area contributed by atoms with E-state index in [4.69, 9.17) is 18.9 Å². The molecule has 36 heavy (non-hydrogen) atoms. The zero-order chi connectivity index (χ0) is 26.3. The fraction of sp³-hybridized carbons (Fsp3) is 0.452. The Kier molecular flexibility index (Phi) is 9.66. The van der Waals surface area contributed by atoms with Crippen LogP contribution in [0.5, 0.6) is 0 Å². The van der Waals surface area contributed by atoms with Gasteiger partial charge in [-0.1, -0.05) is 72.7 Å². The number of aryl methyl sites for hydroxylation is 2. The average Bonchev–Trinajstić information content (AvgIpc) is 3.14. The summed E-state index contributed by atoms with van der Waals surface area (Å²) in [6.07, 6.45) is 5.43. The molecule has 1 aliphatic heterocycles. The summed E-state index contributed by atoms with van der Waals surface area (Å²) in [5.41, 5.74) is 3.95. The molecule has 0 aliphatic carbocycles. The molecular formula is C31H40O5. The molecular weight excluding hydrogens is 452 g/mol. The quantitative estimate of drug-likeness (QED) is 0.257. The zero-order valence-corrected chi connectivity index (χ0v) is 22.4. The number of esters is 1. The van der Waals surface area contributed by atoms with Gasteiger partial charge < -0.3 is 18.9 Å². The van der Waals surface area contributed by atoms with Crippen LogP contribution in [0, 0.1) is 19.8 Å². The lowest BCUT2D eigenvalue weighted by Gasteiger charge is -2.25. The minimum Gasteiger partial charge on any atom is -0.458 e. The standard InChI is InChI=1S/C31H40O5/c1-8-9-28-29(36-31(6,7)35-28)27(33-20-25-15-10-21(2)11-16-25)19-14-23(4)24(5)34-30(32)26-17-12-22(3)13-18-26/h8,10-19,23-24,27-29H,1,9,20H2,2-7H3/b19-14-/t23-,24+,27-,28+,29-/m1/s1. The van der Waals surface area contributed by atoms with Crippen molar-refractivity contribution in [3.8, 4) is 0 Å². The zero-order valence-electron chi connectivity index (χ0n) is 22.4. The molecule has 3 rings (SSSR count). The Bertz CT molecular complexity index is 1020. The molecule has 0 spiro atoms. The molecule has 0 bridgehead atoms. The molecule has 0 saturated carbocycles. The number of hydrogen-bond acceptors (Lipinski definition) is 5. The first-order chi connectivity index (χ1) is 17.1. The molecule has 5 nitrogen and oxygen atoms in total. The van der Waals surface area contributed by atoms with E-state index in [0.29, 0.717) is 18.6 Å². The summed E-state index contributed by atoms with van der Waals surface area (Å²) in [5, 5.41) is 0. The normalized spacial score (nSPS) is 21.7. The van der Waals surface area contributed by atoms with Gasteiger partial charge in [0.25, 0.3) is 0 Å². The third kappa shape index (κ3) is 7.89. The number of benzene rings is 2. The van der Waals surface area contributed by atoms with Gasteiger partial charge in [0, 0.05) is 5.92 Å². The smallest absolute Gasteiger partial charge is 0.338 e. The second-order valence-electron chi connectivity index (χ2n) is 10.1. The van der Waals surface area contributed by atoms with Crippen LogP contribution in [0.2, 0.25) is 0 Å². The summed E-state index contributed by atoms with van der Waals surface area (Å²) >= 11 is 0. The molecule has 0 aromatic heterocycles. The van der Waals surface area contributed by atoms with Crippen molar-refractivity contribution in [3.63, 3.8) is 0 Å². The van der Waals surface area contributed by atoms with Crippen molar-refractivity contribution in [1.82, 2.24) is 0 Å². The van der Waals surface area contributed by atoms with Crippen LogP contribution < -0.4 is 0 Å². The second kappa shape index (κ2) is 12.5. The molecule has 194 valence electrons. The van der Waals surface area contributed by atoms with Crippen molar-refractivity contribution >= 4 is 5.97 Å². The van der Waals surface area contributed by atoms with Gasteiger partial charge >= 0.3 is 5.97 Å². The summed E-state index contributed by atoms with van der Waals surface area (Å²) in [6, 6.07) is 15.7. The highest BCUT2D eigenvalue weighted by atomic mass is 16.8. The Morgan fingerprint density at radius 1 is 1.00 bits per heavy atom. The predicted molar refractivity (Wildman–Crippen MR) is 143 cm³/mol. The predicted octanol–water partition coefficient (Wildman–Crippen LogP) is 6.72. The Morgan fingerprint density at radius 2 is 1.61 bits per heavy atom. The minimum absolute atomic E-state index is 0.0296. The van der Waals surface area contributed by atoms with Crippen LogP contribution in [0.25, 0.3) is 0 Å². The summed E-state index contributed by atoms with van der Waals surface area (Å²) in [7, 11) is 0. The first-order valence-corrected chi connectivity index (χ1v) is 12.7. The van der Waals surface area contributed by atoms with Crippen LogP contribution in [-0.4, -0.2) is 36.2 Å². The molecule has 5 heteroatoms. The fourth-order valence-electron chi connectivity index (χ4n) is 4.10. The van der Waals surface area contributed by atoms with E-state index >= 15 is 0 Å². The van der Waals surface area contributed by atoms with E-state index in [0.717, 1.165) is 11.1 Å². The van der Waals surface area contributed by atoms with Crippen molar-refractivity contribution in [2.45, 2.75) is 84.8 Å². The lowest BCUT2D eigenvalue weighted by Crippen LogP contribution is -2.36. The third-order valence-corrected chi connectivity index (χ3v) is 6.43. The van der Waals surface area contributed by atoms with Gasteiger partial charge in [0.05, 0.1) is 18.3 Å². The van der Waals surface area contributed by atoms with Gasteiger partial charge in [-0.05, 0) is 58.7 Å². The molecule has 0 unspecified atom stereocenters. The van der Waals surface area contributed by atoms with Crippen molar-refractivity contribution in [2.75, 3.05) is 0 Å². The highest BCUT2D eigenvalue weighted by molar-refractivity contribution is 5.89. The minimum atomic E-state index is -0.708. The van der Waals surface area contributed by atoms with E-state index < -0.39 is 5.79 Å². The topological polar surface area (TPSA) is 54.0 Å². The van der Waals surface area contributed by atoms with Crippen LogP contribution in [-0.2, 0) is 25.6 Å². The van der Waals surface area contributed by atoms with Crippen molar-refractivity contribution in [3.05, 3.63) is 95.6 Å². The Hall–Kier alpha value is -2.73. The summed E-state index contributed by atoms with van der Waals surface area (Å²) in [5.74, 6) is -1.06. The fourth-order valence-corrected chi connectivity index (χ4v) is 4.10. The van der Waals surface area contributed by atoms with Gasteiger partial charge in [-0.15, -0.1) is 6.58 Å². The molecule has 1 heterocycles. The number of carbonyl (C=O) groups is 1. The van der Waals surface area contributed by atoms with E-state index in [-0.39, 0.29) is 36.3 Å². The Balaban J connectivity index is 1.72. The van der Waals surface area contributed by atoms with Crippen molar-refractivity contribution in [2.24, 2.45) is 5.92 Å². The molecule has 2 aromatic rings. The van der Waals surface area contributed by atoms with Gasteiger partial charge in [0.15, 0.2) is 5.79 Å². The van der Waals surface area contributed by atoms with E-state index in [1.807, 2.05) is 65.0 Å². The van der Waals surface area contributed by atoms with Gasteiger partial charge in [-0.25, -0.2) is 4.79 Å². The van der Waals surface area contributed by atoms with Gasteiger partial charge in [0.1, 0.15) is 18.3 Å². The van der Waals surface area contributed by atoms with E-state index in [1.165, 1.54) is 5.56 Å². The Morgan fingerprint density at radius 3 is 2.22 bits per heavy atom. The highest BCUT2D eigenvalue weighted by Crippen LogP contribution is 2.33. The number of carbonyl (C=O) groups excluding carboxylic acids is 1. The van der Waals surface area contributed by atoms with Crippen LogP contribution in [0.1, 0.15) is 61.2 Å². The maximum absolute atomic E-state index is 12.6. The molecule has 0 N–H and O–H groups in total. The summed E-state index contributed by atoms with van der Waals surface area (Å²) < 4.78 is 24.5. The molecule has 5 atom stereocenters. The lowest BCUT2D eigenvalue weighted by molar-refractivity contribution is -0.156. The molecule has 2 aromatic carbocycles. The van der Waals surface area contributed by atoms with Gasteiger partial charge in [0.2, 0.25) is 0 Å². The SMILES string of the molecule is C=CC[C@@H]1OC(C)(C)O[C@@H]1[C@@H](/C=C\[C@@H](C)[C@H](C)OC(=O)c1ccc(C)cc1)OCc1ccc(C)cc1. The van der Waals surface area contributed by atoms with Crippen molar-refractivity contribution < 1.29 is 23.7 Å². The first kappa shape index (κ1) is 27.9. The third-order valence-electron chi connectivity index (χ3n) is 6.43. The molecule has 1 aliphatic rings. The van der Waals surface area contributed by atoms with Crippen molar-refractivity contribution in [1.29, 1.82) is 0 Å². The summed E-state index contributed by atoms with van der Waals surface area (Å²) in [6.45, 7) is 16.1. The highest BCUT2D eigenvalue weighted by Gasteiger charge is 2.44. The number of rotatable bonds is 11. The number of ether oxygens (including phenoxy) is 4. The molecule has 1 saturated heterocycles. The van der Waals surface area contributed by atoms with E-state index in [9.17, 15) is 4.79 Å². The maximum Gasteiger partial charge on any atom is 0.338 e. The molecule has 1 fully saturated rings. The van der Waals surface area contributed by atoms with Crippen LogP contribution in [0.3, 0.4) is 0 Å². The van der Waals surface area contributed by atoms with Crippen LogP contribution in [0.4, 0.5) is 0 Å². The Labute approximate surface area is 216 Å². The lowest BCUT2D eigenvalue weighted by atomic mass is 10.0. The monoisotopic (exact) mass is 492 g/mol. The molecule has 0 amide bonds. The first-order valence-electron chi connectivity index (χ1n) is 12.7. The second-order valence-corrected chi connectivity index (χ2v) is 10.1. The largest absolute Gasteiger partial charge is 0.458 e. The van der Waals surface area contributed by atoms with Gasteiger partial charge in [-0.3, -0.25) is 0 Å². The van der Waals surface area contributed by atoms with Crippen LogP contribution in [0.15, 0.2) is 73.3 Å².